The van der Waals surface area contributed by atoms with E-state index >= 15 is 0 Å². The van der Waals surface area contributed by atoms with E-state index in [9.17, 15) is 8.42 Å². The van der Waals surface area contributed by atoms with Gasteiger partial charge in [-0.1, -0.05) is 29.3 Å². The maximum atomic E-state index is 11.9. The lowest BCUT2D eigenvalue weighted by Gasteiger charge is -2.32. The number of fused-ring (bicyclic) bond motifs is 1. The van der Waals surface area contributed by atoms with Crippen molar-refractivity contribution in [2.75, 3.05) is 69.1 Å². The molecule has 5 heterocycles. The van der Waals surface area contributed by atoms with Crippen LogP contribution in [0.2, 0.25) is 10.0 Å². The monoisotopic (exact) mass is 664 g/mol. The molecule has 0 spiro atoms. The smallest absolute Gasteiger partial charge is 0.239 e. The number of piperazine rings is 1. The molecular weight excluding hydrogens is 631 g/mol. The average molecular weight is 666 g/mol. The maximum absolute atomic E-state index is 11.9. The average Bonchev–Trinajstić information content (AvgIpc) is 3.61. The van der Waals surface area contributed by atoms with E-state index in [0.717, 1.165) is 46.9 Å². The van der Waals surface area contributed by atoms with Crippen LogP contribution in [0.5, 0.6) is 0 Å². The molecule has 1 aromatic carbocycles. The lowest BCUT2D eigenvalue weighted by atomic mass is 10.2. The molecule has 11 nitrogen and oxygen atoms in total. The standard InChI is InChI=1S/C28H34Cl2N8O3S2/c1-43(39,40)38-9-7-35(8-10-38)19-22-16-25-26(42-22)27(36-11-13-41-14-12-36)33-28(32-25)34-31-17-21-3-2-6-37(21)18-20-4-5-23(29)24(30)15-20/h2-6,15-16,31H,7-14,17-19H2,1H3,(H,32,33,34). The minimum absolute atomic E-state index is 0.502. The number of nitrogens with one attached hydrogen (secondary N) is 2. The number of anilines is 2. The van der Waals surface area contributed by atoms with Crippen LogP contribution in [0.4, 0.5) is 11.8 Å². The second-order valence-corrected chi connectivity index (χ2v) is 14.6. The first-order valence-corrected chi connectivity index (χ1v) is 17.5. The molecule has 0 radical (unpaired) electrons. The number of ether oxygens (including phenoxy) is 1. The van der Waals surface area contributed by atoms with Crippen LogP contribution >= 0.6 is 34.5 Å². The molecule has 6 rings (SSSR count). The van der Waals surface area contributed by atoms with Gasteiger partial charge in [-0.3, -0.25) is 10.3 Å². The van der Waals surface area contributed by atoms with E-state index in [0.29, 0.717) is 68.5 Å². The Kier molecular flexibility index (Phi) is 9.41. The number of benzene rings is 1. The van der Waals surface area contributed by atoms with Gasteiger partial charge in [-0.2, -0.15) is 9.29 Å². The molecule has 2 fully saturated rings. The minimum atomic E-state index is -3.16. The van der Waals surface area contributed by atoms with Gasteiger partial charge in [0.1, 0.15) is 0 Å². The third-order valence-electron chi connectivity index (χ3n) is 7.63. The first kappa shape index (κ1) is 30.5. The quantitative estimate of drug-likeness (QED) is 0.244. The zero-order chi connectivity index (χ0) is 30.0. The highest BCUT2D eigenvalue weighted by molar-refractivity contribution is 7.88. The molecule has 3 aromatic heterocycles. The molecule has 15 heteroatoms. The third-order valence-corrected chi connectivity index (χ3v) is 10.8. The van der Waals surface area contributed by atoms with Gasteiger partial charge in [-0.25, -0.2) is 18.8 Å². The molecule has 2 saturated heterocycles. The summed E-state index contributed by atoms with van der Waals surface area (Å²) < 4.78 is 34.1. The normalized spacial score (nSPS) is 17.1. The highest BCUT2D eigenvalue weighted by Gasteiger charge is 2.25. The highest BCUT2D eigenvalue weighted by Crippen LogP contribution is 2.34. The fourth-order valence-electron chi connectivity index (χ4n) is 5.34. The van der Waals surface area contributed by atoms with Crippen LogP contribution in [0.1, 0.15) is 16.1 Å². The number of hydrogen-bond acceptors (Lipinski definition) is 10. The summed E-state index contributed by atoms with van der Waals surface area (Å²) in [6, 6.07) is 11.9. The van der Waals surface area contributed by atoms with Crippen LogP contribution in [0.25, 0.3) is 10.2 Å². The van der Waals surface area contributed by atoms with Crippen molar-refractivity contribution < 1.29 is 13.2 Å². The number of morpholine rings is 1. The van der Waals surface area contributed by atoms with Crippen LogP contribution in [-0.4, -0.2) is 90.9 Å². The zero-order valence-electron chi connectivity index (χ0n) is 23.8. The summed E-state index contributed by atoms with van der Waals surface area (Å²) in [7, 11) is -3.16. The van der Waals surface area contributed by atoms with Crippen LogP contribution in [0.15, 0.2) is 42.6 Å². The Morgan fingerprint density at radius 1 is 0.977 bits per heavy atom. The Hall–Kier alpha value is -2.49. The Balaban J connectivity index is 1.15. The number of halogens is 2. The fourth-order valence-corrected chi connectivity index (χ4v) is 7.64. The first-order chi connectivity index (χ1) is 20.7. The van der Waals surface area contributed by atoms with E-state index in [1.165, 1.54) is 11.1 Å². The Morgan fingerprint density at radius 3 is 2.51 bits per heavy atom. The topological polar surface area (TPSA) is 108 Å². The largest absolute Gasteiger partial charge is 0.378 e. The predicted octanol–water partition coefficient (Wildman–Crippen LogP) is 3.88. The van der Waals surface area contributed by atoms with Crippen molar-refractivity contribution >= 4 is 66.5 Å². The summed E-state index contributed by atoms with van der Waals surface area (Å²) in [6.45, 7) is 7.25. The van der Waals surface area contributed by atoms with Crippen molar-refractivity contribution in [1.29, 1.82) is 0 Å². The van der Waals surface area contributed by atoms with E-state index in [4.69, 9.17) is 37.9 Å². The molecule has 4 aromatic rings. The van der Waals surface area contributed by atoms with Crippen LogP contribution in [0, 0.1) is 0 Å². The minimum Gasteiger partial charge on any atom is -0.378 e. The molecule has 0 bridgehead atoms. The summed E-state index contributed by atoms with van der Waals surface area (Å²) in [6.07, 6.45) is 3.31. The van der Waals surface area contributed by atoms with E-state index in [2.05, 4.69) is 37.4 Å². The molecule has 2 N–H and O–H groups in total. The Bertz CT molecular complexity index is 1680. The summed E-state index contributed by atoms with van der Waals surface area (Å²) in [4.78, 5) is 15.5. The van der Waals surface area contributed by atoms with E-state index in [1.807, 2.05) is 30.5 Å². The van der Waals surface area contributed by atoms with Gasteiger partial charge < -0.3 is 14.2 Å². The number of aromatic nitrogens is 3. The molecule has 0 amide bonds. The first-order valence-electron chi connectivity index (χ1n) is 14.1. The molecular formula is C28H34Cl2N8O3S2. The zero-order valence-corrected chi connectivity index (χ0v) is 26.9. The van der Waals surface area contributed by atoms with Gasteiger partial charge in [-0.05, 0) is 35.9 Å². The lowest BCUT2D eigenvalue weighted by molar-refractivity contribution is 0.122. The van der Waals surface area contributed by atoms with Crippen molar-refractivity contribution in [1.82, 2.24) is 29.2 Å². The molecule has 43 heavy (non-hydrogen) atoms. The molecule has 0 aliphatic carbocycles. The van der Waals surface area contributed by atoms with E-state index in [-0.39, 0.29) is 0 Å². The number of rotatable bonds is 10. The van der Waals surface area contributed by atoms with Gasteiger partial charge in [0, 0.05) is 69.1 Å². The highest BCUT2D eigenvalue weighted by atomic mass is 35.5. The molecule has 230 valence electrons. The van der Waals surface area contributed by atoms with Crippen LogP contribution in [0.3, 0.4) is 0 Å². The molecule has 0 atom stereocenters. The van der Waals surface area contributed by atoms with Crippen molar-refractivity contribution in [3.63, 3.8) is 0 Å². The number of hydrogen-bond donors (Lipinski definition) is 2. The second kappa shape index (κ2) is 13.2. The predicted molar refractivity (Wildman–Crippen MR) is 173 cm³/mol. The number of sulfonamides is 1. The summed E-state index contributed by atoms with van der Waals surface area (Å²) in [5, 5.41) is 1.09. The number of nitrogens with zero attached hydrogens (tertiary/aromatic N) is 6. The fraction of sp³-hybridized carbons (Fsp3) is 0.429. The maximum Gasteiger partial charge on any atom is 0.239 e. The lowest BCUT2D eigenvalue weighted by Crippen LogP contribution is -2.47. The molecule has 0 saturated carbocycles. The molecule has 2 aliphatic heterocycles. The van der Waals surface area contributed by atoms with Crippen molar-refractivity contribution in [3.8, 4) is 0 Å². The van der Waals surface area contributed by atoms with Crippen LogP contribution < -0.4 is 15.8 Å². The van der Waals surface area contributed by atoms with Crippen molar-refractivity contribution in [2.45, 2.75) is 19.6 Å². The van der Waals surface area contributed by atoms with Crippen LogP contribution in [-0.2, 0) is 34.4 Å². The SMILES string of the molecule is CS(=O)(=O)N1CCN(Cc2cc3nc(NNCc4cccn4Cc4ccc(Cl)c(Cl)c4)nc(N4CCOCC4)c3s2)CC1. The summed E-state index contributed by atoms with van der Waals surface area (Å²) >= 11 is 14.0. The number of hydrazine groups is 1. The van der Waals surface area contributed by atoms with Gasteiger partial charge in [0.25, 0.3) is 0 Å². The van der Waals surface area contributed by atoms with Gasteiger partial charge in [0.2, 0.25) is 16.0 Å². The second-order valence-electron chi connectivity index (χ2n) is 10.7. The molecule has 2 aliphatic rings. The Morgan fingerprint density at radius 2 is 1.77 bits per heavy atom. The van der Waals surface area contributed by atoms with Gasteiger partial charge in [-0.15, -0.1) is 11.3 Å². The van der Waals surface area contributed by atoms with Crippen molar-refractivity contribution in [3.05, 3.63) is 68.8 Å². The van der Waals surface area contributed by atoms with E-state index < -0.39 is 10.0 Å². The van der Waals surface area contributed by atoms with Gasteiger partial charge >= 0.3 is 0 Å². The number of thiophene rings is 1. The van der Waals surface area contributed by atoms with Gasteiger partial charge in [0.05, 0.1) is 46.3 Å². The third kappa shape index (κ3) is 7.43. The Labute approximate surface area is 265 Å². The summed E-state index contributed by atoms with van der Waals surface area (Å²) in [5.41, 5.74) is 9.55. The summed E-state index contributed by atoms with van der Waals surface area (Å²) in [5.74, 6) is 1.40. The van der Waals surface area contributed by atoms with E-state index in [1.54, 1.807) is 15.6 Å². The van der Waals surface area contributed by atoms with Crippen molar-refractivity contribution in [2.24, 2.45) is 0 Å². The molecule has 0 unspecified atom stereocenters. The van der Waals surface area contributed by atoms with Gasteiger partial charge in [0.15, 0.2) is 5.82 Å².